The van der Waals surface area contributed by atoms with Gasteiger partial charge in [-0.1, -0.05) is 11.8 Å². The summed E-state index contributed by atoms with van der Waals surface area (Å²) in [7, 11) is 1.51. The highest BCUT2D eigenvalue weighted by molar-refractivity contribution is 7.98. The predicted molar refractivity (Wildman–Crippen MR) is 74.2 cm³/mol. The van der Waals surface area contributed by atoms with Crippen LogP contribution in [0.5, 0.6) is 11.5 Å². The van der Waals surface area contributed by atoms with Crippen LogP contribution < -0.4 is 4.74 Å². The number of hydrogen-bond acceptors (Lipinski definition) is 6. The normalized spacial score (nSPS) is 11.1. The van der Waals surface area contributed by atoms with Crippen molar-refractivity contribution in [2.24, 2.45) is 5.10 Å². The van der Waals surface area contributed by atoms with Gasteiger partial charge >= 0.3 is 0 Å². The molecule has 0 amide bonds. The minimum atomic E-state index is 0.0806. The van der Waals surface area contributed by atoms with Crippen LogP contribution in [0, 0.1) is 6.92 Å². The second kappa shape index (κ2) is 5.75. The van der Waals surface area contributed by atoms with Crippen LogP contribution in [0.3, 0.4) is 0 Å². The summed E-state index contributed by atoms with van der Waals surface area (Å²) in [6, 6.07) is 5.08. The first kappa shape index (κ1) is 13.4. The molecule has 1 aromatic heterocycles. The summed E-state index contributed by atoms with van der Waals surface area (Å²) >= 11 is 1.47. The van der Waals surface area contributed by atoms with Gasteiger partial charge < -0.3 is 9.84 Å². The van der Waals surface area contributed by atoms with Crippen molar-refractivity contribution in [1.29, 1.82) is 0 Å². The Morgan fingerprint density at radius 1 is 1.42 bits per heavy atom. The molecule has 2 rings (SSSR count). The van der Waals surface area contributed by atoms with Crippen LogP contribution in [0.2, 0.25) is 0 Å². The fourth-order valence-corrected chi connectivity index (χ4v) is 1.98. The van der Waals surface area contributed by atoms with E-state index in [0.717, 1.165) is 5.56 Å². The molecule has 0 unspecified atom stereocenters. The Hall–Kier alpha value is -2.02. The highest BCUT2D eigenvalue weighted by Crippen LogP contribution is 2.25. The third-order valence-electron chi connectivity index (χ3n) is 2.48. The first-order valence-corrected chi connectivity index (χ1v) is 6.75. The summed E-state index contributed by atoms with van der Waals surface area (Å²) in [6.07, 6.45) is 3.55. The lowest BCUT2D eigenvalue weighted by atomic mass is 10.2. The molecule has 0 saturated carbocycles. The Morgan fingerprint density at radius 3 is 2.84 bits per heavy atom. The molecule has 1 aromatic carbocycles. The third kappa shape index (κ3) is 2.87. The van der Waals surface area contributed by atoms with E-state index in [4.69, 9.17) is 4.74 Å². The summed E-state index contributed by atoms with van der Waals surface area (Å²) in [5.74, 6) is 1.22. The van der Waals surface area contributed by atoms with Gasteiger partial charge in [-0.25, -0.2) is 0 Å². The van der Waals surface area contributed by atoms with Crippen molar-refractivity contribution in [3.63, 3.8) is 0 Å². The molecule has 0 radical (unpaired) electrons. The van der Waals surface area contributed by atoms with Crippen molar-refractivity contribution >= 4 is 18.0 Å². The quantitative estimate of drug-likeness (QED) is 0.683. The number of methoxy groups -OCH3 is 1. The molecule has 6 nitrogen and oxygen atoms in total. The maximum Gasteiger partial charge on any atom is 0.211 e. The third-order valence-corrected chi connectivity index (χ3v) is 3.10. The number of phenols is 1. The van der Waals surface area contributed by atoms with Crippen LogP contribution in [0.1, 0.15) is 11.4 Å². The standard InChI is InChI=1S/C12H14N4O2S/c1-8-14-15-12(19-3)16(8)13-7-9-4-5-11(18-2)10(17)6-9/h4-7,17H,1-3H3/b13-7-. The van der Waals surface area contributed by atoms with E-state index < -0.39 is 0 Å². The van der Waals surface area contributed by atoms with Crippen molar-refractivity contribution < 1.29 is 9.84 Å². The van der Waals surface area contributed by atoms with Crippen LogP contribution >= 0.6 is 11.8 Å². The maximum absolute atomic E-state index is 9.68. The molecule has 1 N–H and O–H groups in total. The molecule has 0 atom stereocenters. The Labute approximate surface area is 115 Å². The van der Waals surface area contributed by atoms with E-state index in [9.17, 15) is 5.11 Å². The Kier molecular flexibility index (Phi) is 4.06. The van der Waals surface area contributed by atoms with Crippen LogP contribution in [0.25, 0.3) is 0 Å². The van der Waals surface area contributed by atoms with E-state index in [1.165, 1.54) is 18.9 Å². The number of nitrogens with zero attached hydrogens (tertiary/aromatic N) is 4. The molecule has 100 valence electrons. The number of rotatable bonds is 4. The van der Waals surface area contributed by atoms with Crippen LogP contribution in [-0.2, 0) is 0 Å². The summed E-state index contributed by atoms with van der Waals surface area (Å²) in [6.45, 7) is 1.83. The molecular weight excluding hydrogens is 264 g/mol. The van der Waals surface area contributed by atoms with Gasteiger partial charge in [0.05, 0.1) is 13.3 Å². The van der Waals surface area contributed by atoms with Crippen LogP contribution in [0.15, 0.2) is 28.5 Å². The monoisotopic (exact) mass is 278 g/mol. The highest BCUT2D eigenvalue weighted by atomic mass is 32.2. The van der Waals surface area contributed by atoms with E-state index in [2.05, 4.69) is 15.3 Å². The fourth-order valence-electron chi connectivity index (χ4n) is 1.51. The van der Waals surface area contributed by atoms with Crippen molar-refractivity contribution in [3.05, 3.63) is 29.6 Å². The second-order valence-electron chi connectivity index (χ2n) is 3.72. The van der Waals surface area contributed by atoms with Crippen molar-refractivity contribution in [1.82, 2.24) is 14.9 Å². The number of ether oxygens (including phenoxy) is 1. The minimum absolute atomic E-state index is 0.0806. The van der Waals surface area contributed by atoms with Gasteiger partial charge in [-0.2, -0.15) is 9.78 Å². The summed E-state index contributed by atoms with van der Waals surface area (Å²) in [4.78, 5) is 0. The molecular formula is C12H14N4O2S. The number of aryl methyl sites for hydroxylation is 1. The van der Waals surface area contributed by atoms with Gasteiger partial charge in [0, 0.05) is 0 Å². The zero-order valence-electron chi connectivity index (χ0n) is 10.9. The summed E-state index contributed by atoms with van der Waals surface area (Å²) in [5.41, 5.74) is 0.762. The number of thioether (sulfide) groups is 1. The van der Waals surface area contributed by atoms with Gasteiger partial charge in [-0.15, -0.1) is 10.2 Å². The number of aromatic nitrogens is 3. The van der Waals surface area contributed by atoms with Gasteiger partial charge in [0.1, 0.15) is 0 Å². The Bertz CT molecular complexity index is 610. The van der Waals surface area contributed by atoms with E-state index in [1.807, 2.05) is 13.2 Å². The molecule has 0 fully saturated rings. The first-order valence-electron chi connectivity index (χ1n) is 5.53. The molecule has 0 saturated heterocycles. The largest absolute Gasteiger partial charge is 0.504 e. The molecule has 19 heavy (non-hydrogen) atoms. The molecule has 2 aromatic rings. The van der Waals surface area contributed by atoms with Gasteiger partial charge in [-0.3, -0.25) is 0 Å². The maximum atomic E-state index is 9.68. The van der Waals surface area contributed by atoms with Crippen molar-refractivity contribution in [2.45, 2.75) is 12.1 Å². The Morgan fingerprint density at radius 2 is 2.21 bits per heavy atom. The average Bonchev–Trinajstić information content (AvgIpc) is 2.77. The SMILES string of the molecule is COc1ccc(/C=N\n2c(C)nnc2SC)cc1O. The molecule has 0 spiro atoms. The van der Waals surface area contributed by atoms with Gasteiger partial charge in [0.25, 0.3) is 0 Å². The zero-order valence-corrected chi connectivity index (χ0v) is 11.7. The van der Waals surface area contributed by atoms with E-state index >= 15 is 0 Å². The molecule has 0 aliphatic heterocycles. The minimum Gasteiger partial charge on any atom is -0.504 e. The van der Waals surface area contributed by atoms with E-state index in [0.29, 0.717) is 16.7 Å². The van der Waals surface area contributed by atoms with E-state index in [1.54, 1.807) is 29.1 Å². The summed E-state index contributed by atoms with van der Waals surface area (Å²) < 4.78 is 6.63. The number of hydrogen-bond donors (Lipinski definition) is 1. The molecule has 0 aliphatic carbocycles. The first-order chi connectivity index (χ1) is 9.15. The van der Waals surface area contributed by atoms with Crippen LogP contribution in [0.4, 0.5) is 0 Å². The molecule has 0 bridgehead atoms. The predicted octanol–water partition coefficient (Wildman–Crippen LogP) is 1.90. The van der Waals surface area contributed by atoms with Gasteiger partial charge in [0.15, 0.2) is 17.3 Å². The Balaban J connectivity index is 2.27. The lowest BCUT2D eigenvalue weighted by molar-refractivity contribution is 0.373. The highest BCUT2D eigenvalue weighted by Gasteiger charge is 2.06. The van der Waals surface area contributed by atoms with Gasteiger partial charge in [-0.05, 0) is 36.9 Å². The average molecular weight is 278 g/mol. The fraction of sp³-hybridized carbons (Fsp3) is 0.250. The number of benzene rings is 1. The van der Waals surface area contributed by atoms with Gasteiger partial charge in [0.2, 0.25) is 5.16 Å². The number of phenolic OH excluding ortho intramolecular Hbond substituents is 1. The van der Waals surface area contributed by atoms with Crippen molar-refractivity contribution in [3.8, 4) is 11.5 Å². The molecule has 7 heteroatoms. The summed E-state index contributed by atoms with van der Waals surface area (Å²) in [5, 5.41) is 22.6. The second-order valence-corrected chi connectivity index (χ2v) is 4.49. The molecule has 0 aliphatic rings. The number of aromatic hydroxyl groups is 1. The van der Waals surface area contributed by atoms with Crippen molar-refractivity contribution in [2.75, 3.05) is 13.4 Å². The topological polar surface area (TPSA) is 72.5 Å². The molecule has 1 heterocycles. The smallest absolute Gasteiger partial charge is 0.211 e. The lowest BCUT2D eigenvalue weighted by Gasteiger charge is -2.03. The zero-order chi connectivity index (χ0) is 13.8. The van der Waals surface area contributed by atoms with E-state index in [-0.39, 0.29) is 5.75 Å². The lowest BCUT2D eigenvalue weighted by Crippen LogP contribution is -1.95. The van der Waals surface area contributed by atoms with Crippen LogP contribution in [-0.4, -0.2) is 39.6 Å².